The van der Waals surface area contributed by atoms with Gasteiger partial charge in [-0.05, 0) is 73.2 Å². The van der Waals surface area contributed by atoms with Crippen LogP contribution in [0.5, 0.6) is 0 Å². The van der Waals surface area contributed by atoms with Crippen LogP contribution in [0.1, 0.15) is 58.4 Å². The Hall–Kier alpha value is -0.890. The quantitative estimate of drug-likeness (QED) is 0.806. The normalized spacial score (nSPS) is 25.2. The Balaban J connectivity index is 2.08. The molecule has 2 heteroatoms. The molecule has 1 aliphatic rings. The van der Waals surface area contributed by atoms with Crippen LogP contribution in [0.3, 0.4) is 0 Å². The van der Waals surface area contributed by atoms with E-state index in [1.54, 1.807) is 12.1 Å². The van der Waals surface area contributed by atoms with Crippen molar-refractivity contribution >= 4 is 0 Å². The molecule has 1 aromatic rings. The molecule has 1 saturated carbocycles. The van der Waals surface area contributed by atoms with Gasteiger partial charge in [-0.15, -0.1) is 0 Å². The predicted molar refractivity (Wildman–Crippen MR) is 88.0 cm³/mol. The minimum Gasteiger partial charge on any atom is -0.316 e. The van der Waals surface area contributed by atoms with Crippen LogP contribution in [0.2, 0.25) is 0 Å². The van der Waals surface area contributed by atoms with Crippen molar-refractivity contribution in [2.45, 2.75) is 52.9 Å². The van der Waals surface area contributed by atoms with Crippen LogP contribution in [0.4, 0.5) is 4.39 Å². The van der Waals surface area contributed by atoms with Crippen molar-refractivity contribution in [2.75, 3.05) is 13.1 Å². The topological polar surface area (TPSA) is 12.0 Å². The maximum absolute atomic E-state index is 13.2. The lowest BCUT2D eigenvalue weighted by molar-refractivity contribution is 0.159. The third kappa shape index (κ3) is 4.81. The first-order valence-corrected chi connectivity index (χ1v) is 8.33. The van der Waals surface area contributed by atoms with E-state index in [1.165, 1.54) is 24.8 Å². The van der Waals surface area contributed by atoms with Gasteiger partial charge in [0.25, 0.3) is 0 Å². The van der Waals surface area contributed by atoms with Gasteiger partial charge in [-0.25, -0.2) is 4.39 Å². The van der Waals surface area contributed by atoms with Crippen LogP contribution >= 0.6 is 0 Å². The highest BCUT2D eigenvalue weighted by Gasteiger charge is 2.35. The Morgan fingerprint density at radius 3 is 2.52 bits per heavy atom. The van der Waals surface area contributed by atoms with E-state index in [4.69, 9.17) is 0 Å². The first-order chi connectivity index (χ1) is 9.87. The number of benzene rings is 1. The Kier molecular flexibility index (Phi) is 5.43. The summed E-state index contributed by atoms with van der Waals surface area (Å²) in [7, 11) is 0. The van der Waals surface area contributed by atoms with E-state index in [1.807, 2.05) is 12.1 Å². The van der Waals surface area contributed by atoms with Gasteiger partial charge in [0.15, 0.2) is 0 Å². The highest BCUT2D eigenvalue weighted by atomic mass is 19.1. The molecule has 1 aliphatic carbocycles. The van der Waals surface area contributed by atoms with Gasteiger partial charge < -0.3 is 5.32 Å². The highest BCUT2D eigenvalue weighted by Crippen LogP contribution is 2.46. The zero-order chi connectivity index (χ0) is 15.5. The summed E-state index contributed by atoms with van der Waals surface area (Å²) in [6.45, 7) is 11.4. The summed E-state index contributed by atoms with van der Waals surface area (Å²) in [6, 6.07) is 7.18. The van der Waals surface area contributed by atoms with Crippen LogP contribution in [0, 0.1) is 23.1 Å². The van der Waals surface area contributed by atoms with Gasteiger partial charge in [0, 0.05) is 0 Å². The van der Waals surface area contributed by atoms with E-state index < -0.39 is 0 Å². The average molecular weight is 291 g/mol. The molecule has 0 bridgehead atoms. The number of hydrogen-bond donors (Lipinski definition) is 1. The molecule has 1 N–H and O–H groups in total. The van der Waals surface area contributed by atoms with E-state index in [0.717, 1.165) is 13.1 Å². The Morgan fingerprint density at radius 1 is 1.24 bits per heavy atom. The standard InChI is InChI=1S/C19H30FN/c1-14(2)12-21-13-16-9-10-19(3,4)11-18(16)15-5-7-17(20)8-6-15/h5-8,14,16,18,21H,9-13H2,1-4H3. The summed E-state index contributed by atoms with van der Waals surface area (Å²) in [4.78, 5) is 0. The summed E-state index contributed by atoms with van der Waals surface area (Å²) in [5, 5.41) is 3.62. The largest absolute Gasteiger partial charge is 0.316 e. The van der Waals surface area contributed by atoms with Gasteiger partial charge >= 0.3 is 0 Å². The fourth-order valence-electron chi connectivity index (χ4n) is 3.54. The zero-order valence-corrected chi connectivity index (χ0v) is 14.0. The molecule has 2 unspecified atom stereocenters. The fraction of sp³-hybridized carbons (Fsp3) is 0.684. The average Bonchev–Trinajstić information content (AvgIpc) is 2.40. The SMILES string of the molecule is CC(C)CNCC1CCC(C)(C)CC1c1ccc(F)cc1. The molecule has 1 nitrogen and oxygen atoms in total. The second-order valence-corrected chi connectivity index (χ2v) is 7.88. The van der Waals surface area contributed by atoms with E-state index >= 15 is 0 Å². The van der Waals surface area contributed by atoms with E-state index in [9.17, 15) is 4.39 Å². The first kappa shape index (κ1) is 16.5. The van der Waals surface area contributed by atoms with Crippen molar-refractivity contribution in [2.24, 2.45) is 17.3 Å². The molecule has 0 saturated heterocycles. The molecule has 2 rings (SSSR count). The minimum atomic E-state index is -0.136. The molecule has 1 fully saturated rings. The van der Waals surface area contributed by atoms with Crippen LogP contribution in [-0.4, -0.2) is 13.1 Å². The molecule has 2 atom stereocenters. The van der Waals surface area contributed by atoms with E-state index in [2.05, 4.69) is 33.0 Å². The third-order valence-corrected chi connectivity index (χ3v) is 4.79. The lowest BCUT2D eigenvalue weighted by Gasteiger charge is -2.41. The second-order valence-electron chi connectivity index (χ2n) is 7.88. The lowest BCUT2D eigenvalue weighted by Crippen LogP contribution is -2.35. The maximum Gasteiger partial charge on any atom is 0.123 e. The second kappa shape index (κ2) is 6.91. The van der Waals surface area contributed by atoms with Crippen LogP contribution in [-0.2, 0) is 0 Å². The van der Waals surface area contributed by atoms with Gasteiger partial charge in [0.05, 0.1) is 0 Å². The molecule has 0 heterocycles. The monoisotopic (exact) mass is 291 g/mol. The van der Waals surface area contributed by atoms with E-state index in [-0.39, 0.29) is 5.82 Å². The fourth-order valence-corrected chi connectivity index (χ4v) is 3.54. The summed E-state index contributed by atoms with van der Waals surface area (Å²) in [5.74, 6) is 1.77. The Labute approximate surface area is 129 Å². The molecule has 21 heavy (non-hydrogen) atoms. The minimum absolute atomic E-state index is 0.136. The number of rotatable bonds is 5. The summed E-state index contributed by atoms with van der Waals surface area (Å²) < 4.78 is 13.2. The third-order valence-electron chi connectivity index (χ3n) is 4.79. The maximum atomic E-state index is 13.2. The molecule has 0 amide bonds. The summed E-state index contributed by atoms with van der Waals surface area (Å²) in [6.07, 6.45) is 3.76. The zero-order valence-electron chi connectivity index (χ0n) is 14.0. The van der Waals surface area contributed by atoms with Crippen molar-refractivity contribution < 1.29 is 4.39 Å². The molecule has 0 radical (unpaired) electrons. The van der Waals surface area contributed by atoms with Crippen LogP contribution in [0.15, 0.2) is 24.3 Å². The Bertz CT molecular complexity index is 435. The number of nitrogens with one attached hydrogen (secondary N) is 1. The van der Waals surface area contributed by atoms with Crippen molar-refractivity contribution in [1.29, 1.82) is 0 Å². The van der Waals surface area contributed by atoms with Crippen molar-refractivity contribution in [3.63, 3.8) is 0 Å². The summed E-state index contributed by atoms with van der Waals surface area (Å²) >= 11 is 0. The Morgan fingerprint density at radius 2 is 1.90 bits per heavy atom. The van der Waals surface area contributed by atoms with Gasteiger partial charge in [-0.1, -0.05) is 39.8 Å². The van der Waals surface area contributed by atoms with Crippen LogP contribution < -0.4 is 5.32 Å². The van der Waals surface area contributed by atoms with Gasteiger partial charge in [0.1, 0.15) is 5.82 Å². The molecule has 0 spiro atoms. The smallest absolute Gasteiger partial charge is 0.123 e. The molecule has 1 aromatic carbocycles. The number of hydrogen-bond acceptors (Lipinski definition) is 1. The summed E-state index contributed by atoms with van der Waals surface area (Å²) in [5.41, 5.74) is 1.70. The lowest BCUT2D eigenvalue weighted by atomic mass is 9.65. The highest BCUT2D eigenvalue weighted by molar-refractivity contribution is 5.22. The number of halogens is 1. The van der Waals surface area contributed by atoms with Crippen molar-refractivity contribution in [3.8, 4) is 0 Å². The van der Waals surface area contributed by atoms with Gasteiger partial charge in [0.2, 0.25) is 0 Å². The molecular formula is C19H30FN. The predicted octanol–water partition coefficient (Wildman–Crippen LogP) is 4.98. The van der Waals surface area contributed by atoms with E-state index in [0.29, 0.717) is 23.2 Å². The van der Waals surface area contributed by atoms with Crippen LogP contribution in [0.25, 0.3) is 0 Å². The molecular weight excluding hydrogens is 261 g/mol. The van der Waals surface area contributed by atoms with Gasteiger partial charge in [-0.3, -0.25) is 0 Å². The van der Waals surface area contributed by atoms with Crippen molar-refractivity contribution in [3.05, 3.63) is 35.6 Å². The molecule has 0 aromatic heterocycles. The van der Waals surface area contributed by atoms with Crippen molar-refractivity contribution in [1.82, 2.24) is 5.32 Å². The molecule has 0 aliphatic heterocycles. The molecule has 118 valence electrons. The first-order valence-electron chi connectivity index (χ1n) is 8.33. The van der Waals surface area contributed by atoms with Gasteiger partial charge in [-0.2, -0.15) is 0 Å².